The number of para-hydroxylation sites is 2. The van der Waals surface area contributed by atoms with Gasteiger partial charge in [0, 0.05) is 37.8 Å². The normalized spacial score (nSPS) is 18.2. The molecule has 2 aliphatic rings. The van der Waals surface area contributed by atoms with E-state index in [0.29, 0.717) is 30.4 Å². The third kappa shape index (κ3) is 3.65. The molecule has 2 aromatic carbocycles. The van der Waals surface area contributed by atoms with Crippen molar-refractivity contribution in [2.24, 2.45) is 5.92 Å². The van der Waals surface area contributed by atoms with Crippen LogP contribution in [0, 0.1) is 11.7 Å². The second-order valence-corrected chi connectivity index (χ2v) is 8.10. The standard InChI is InChI=1S/C23H26FN5O/c24-19-6-5-17(15-18(19)22-26-20-3-1-2-4-21(20)27-22)28-11-13-29(14-12-28)23(30)16-7-9-25-10-8-16/h1-6,15-16,25H,7-14H2,(H,26,27). The quantitative estimate of drug-likeness (QED) is 0.701. The number of amides is 1. The lowest BCUT2D eigenvalue weighted by Crippen LogP contribution is -2.51. The molecular formula is C23H26FN5O. The van der Waals surface area contributed by atoms with Crippen LogP contribution >= 0.6 is 0 Å². The van der Waals surface area contributed by atoms with Crippen LogP contribution in [-0.2, 0) is 4.79 Å². The van der Waals surface area contributed by atoms with E-state index in [1.807, 2.05) is 41.3 Å². The van der Waals surface area contributed by atoms with Crippen LogP contribution < -0.4 is 10.2 Å². The van der Waals surface area contributed by atoms with Crippen LogP contribution in [-0.4, -0.2) is 60.0 Å². The zero-order valence-corrected chi connectivity index (χ0v) is 16.9. The largest absolute Gasteiger partial charge is 0.368 e. The number of halogens is 1. The van der Waals surface area contributed by atoms with E-state index >= 15 is 0 Å². The van der Waals surface area contributed by atoms with E-state index in [4.69, 9.17) is 0 Å². The second kappa shape index (κ2) is 8.07. The number of hydrogen-bond acceptors (Lipinski definition) is 4. The lowest BCUT2D eigenvalue weighted by molar-refractivity contribution is -0.136. The van der Waals surface area contributed by atoms with Gasteiger partial charge in [-0.2, -0.15) is 0 Å². The van der Waals surface area contributed by atoms with Crippen molar-refractivity contribution in [3.05, 3.63) is 48.3 Å². The molecule has 3 heterocycles. The number of imidazole rings is 1. The number of rotatable bonds is 3. The fourth-order valence-corrected chi connectivity index (χ4v) is 4.48. The number of fused-ring (bicyclic) bond motifs is 1. The minimum absolute atomic E-state index is 0.156. The highest BCUT2D eigenvalue weighted by atomic mass is 19.1. The first-order chi connectivity index (χ1) is 14.7. The highest BCUT2D eigenvalue weighted by molar-refractivity contribution is 5.80. The zero-order valence-electron chi connectivity index (χ0n) is 16.9. The number of benzene rings is 2. The number of nitrogens with one attached hydrogen (secondary N) is 2. The maximum Gasteiger partial charge on any atom is 0.225 e. The summed E-state index contributed by atoms with van der Waals surface area (Å²) in [6, 6.07) is 12.9. The molecule has 0 atom stereocenters. The van der Waals surface area contributed by atoms with Gasteiger partial charge in [-0.15, -0.1) is 0 Å². The summed E-state index contributed by atoms with van der Waals surface area (Å²) in [5, 5.41) is 3.32. The van der Waals surface area contributed by atoms with Crippen molar-refractivity contribution in [2.45, 2.75) is 12.8 Å². The Morgan fingerprint density at radius 2 is 1.80 bits per heavy atom. The fourth-order valence-electron chi connectivity index (χ4n) is 4.48. The summed E-state index contributed by atoms with van der Waals surface area (Å²) in [4.78, 5) is 24.8. The van der Waals surface area contributed by atoms with E-state index < -0.39 is 0 Å². The molecule has 0 aliphatic carbocycles. The Hall–Kier alpha value is -2.93. The van der Waals surface area contributed by atoms with E-state index in [1.54, 1.807) is 0 Å². The smallest absolute Gasteiger partial charge is 0.225 e. The van der Waals surface area contributed by atoms with Crippen molar-refractivity contribution in [2.75, 3.05) is 44.2 Å². The minimum atomic E-state index is -0.294. The van der Waals surface area contributed by atoms with Crippen molar-refractivity contribution >= 4 is 22.6 Å². The molecule has 2 N–H and O–H groups in total. The first kappa shape index (κ1) is 19.1. The van der Waals surface area contributed by atoms with Gasteiger partial charge in [0.1, 0.15) is 11.6 Å². The van der Waals surface area contributed by atoms with Gasteiger partial charge in [0.25, 0.3) is 0 Å². The summed E-state index contributed by atoms with van der Waals surface area (Å²) in [6.45, 7) is 4.77. The number of piperazine rings is 1. The predicted molar refractivity (Wildman–Crippen MR) is 116 cm³/mol. The summed E-state index contributed by atoms with van der Waals surface area (Å²) < 4.78 is 14.6. The average molecular weight is 407 g/mol. The van der Waals surface area contributed by atoms with Crippen LogP contribution in [0.4, 0.5) is 10.1 Å². The fraction of sp³-hybridized carbons (Fsp3) is 0.391. The van der Waals surface area contributed by atoms with Gasteiger partial charge in [-0.1, -0.05) is 12.1 Å². The third-order valence-electron chi connectivity index (χ3n) is 6.24. The van der Waals surface area contributed by atoms with Gasteiger partial charge in [0.15, 0.2) is 0 Å². The minimum Gasteiger partial charge on any atom is -0.368 e. The summed E-state index contributed by atoms with van der Waals surface area (Å²) >= 11 is 0. The molecule has 0 bridgehead atoms. The van der Waals surface area contributed by atoms with Crippen molar-refractivity contribution < 1.29 is 9.18 Å². The molecule has 0 saturated carbocycles. The first-order valence-corrected chi connectivity index (χ1v) is 10.7. The molecule has 7 heteroatoms. The van der Waals surface area contributed by atoms with Gasteiger partial charge >= 0.3 is 0 Å². The van der Waals surface area contributed by atoms with E-state index in [1.165, 1.54) is 6.07 Å². The van der Waals surface area contributed by atoms with E-state index in [-0.39, 0.29) is 11.7 Å². The monoisotopic (exact) mass is 407 g/mol. The van der Waals surface area contributed by atoms with E-state index in [9.17, 15) is 9.18 Å². The molecule has 2 fully saturated rings. The number of hydrogen-bond donors (Lipinski definition) is 2. The lowest BCUT2D eigenvalue weighted by atomic mass is 9.96. The summed E-state index contributed by atoms with van der Waals surface area (Å²) in [5.74, 6) is 0.689. The molecule has 2 saturated heterocycles. The molecule has 30 heavy (non-hydrogen) atoms. The highest BCUT2D eigenvalue weighted by Crippen LogP contribution is 2.28. The lowest BCUT2D eigenvalue weighted by Gasteiger charge is -2.38. The van der Waals surface area contributed by atoms with Crippen molar-refractivity contribution in [3.8, 4) is 11.4 Å². The Morgan fingerprint density at radius 1 is 1.03 bits per heavy atom. The number of aromatic amines is 1. The SMILES string of the molecule is O=C(C1CCNCC1)N1CCN(c2ccc(F)c(-c3nc4ccccc4[nH]3)c2)CC1. The molecule has 1 aromatic heterocycles. The summed E-state index contributed by atoms with van der Waals surface area (Å²) in [5.41, 5.74) is 3.14. The molecule has 3 aromatic rings. The number of H-pyrrole nitrogens is 1. The third-order valence-corrected chi connectivity index (χ3v) is 6.24. The molecule has 0 radical (unpaired) electrons. The summed E-state index contributed by atoms with van der Waals surface area (Å²) in [7, 11) is 0. The molecule has 5 rings (SSSR count). The Bertz CT molecular complexity index is 1020. The van der Waals surface area contributed by atoms with Crippen LogP contribution in [0.2, 0.25) is 0 Å². The van der Waals surface area contributed by atoms with Crippen molar-refractivity contribution in [3.63, 3.8) is 0 Å². The molecule has 6 nitrogen and oxygen atoms in total. The van der Waals surface area contributed by atoms with Crippen LogP contribution in [0.3, 0.4) is 0 Å². The molecule has 0 spiro atoms. The molecule has 1 amide bonds. The van der Waals surface area contributed by atoms with Gasteiger partial charge in [-0.3, -0.25) is 4.79 Å². The summed E-state index contributed by atoms with van der Waals surface area (Å²) in [6.07, 6.45) is 1.86. The van der Waals surface area contributed by atoms with Gasteiger partial charge in [0.2, 0.25) is 5.91 Å². The maximum atomic E-state index is 14.6. The van der Waals surface area contributed by atoms with Gasteiger partial charge in [-0.25, -0.2) is 9.37 Å². The number of nitrogens with zero attached hydrogens (tertiary/aromatic N) is 3. The number of piperidine rings is 1. The molecular weight excluding hydrogens is 381 g/mol. The van der Waals surface area contributed by atoms with Crippen LogP contribution in [0.1, 0.15) is 12.8 Å². The Kier molecular flexibility index (Phi) is 5.12. The van der Waals surface area contributed by atoms with E-state index in [0.717, 1.165) is 55.7 Å². The number of aromatic nitrogens is 2. The van der Waals surface area contributed by atoms with Gasteiger partial charge in [0.05, 0.1) is 16.6 Å². The Morgan fingerprint density at radius 3 is 2.57 bits per heavy atom. The van der Waals surface area contributed by atoms with Crippen LogP contribution in [0.15, 0.2) is 42.5 Å². The maximum absolute atomic E-state index is 14.6. The van der Waals surface area contributed by atoms with Gasteiger partial charge < -0.3 is 20.1 Å². The first-order valence-electron chi connectivity index (χ1n) is 10.7. The second-order valence-electron chi connectivity index (χ2n) is 8.10. The van der Waals surface area contributed by atoms with Gasteiger partial charge in [-0.05, 0) is 56.3 Å². The molecule has 2 aliphatic heterocycles. The zero-order chi connectivity index (χ0) is 20.5. The Balaban J connectivity index is 1.31. The van der Waals surface area contributed by atoms with Crippen molar-refractivity contribution in [1.82, 2.24) is 20.2 Å². The number of carbonyl (C=O) groups is 1. The average Bonchev–Trinajstić information content (AvgIpc) is 3.24. The number of anilines is 1. The number of carbonyl (C=O) groups excluding carboxylic acids is 1. The highest BCUT2D eigenvalue weighted by Gasteiger charge is 2.28. The Labute approximate surface area is 175 Å². The molecule has 0 unspecified atom stereocenters. The van der Waals surface area contributed by atoms with Crippen LogP contribution in [0.5, 0.6) is 0 Å². The van der Waals surface area contributed by atoms with Crippen molar-refractivity contribution in [1.29, 1.82) is 0 Å². The van der Waals surface area contributed by atoms with E-state index in [2.05, 4.69) is 20.2 Å². The topological polar surface area (TPSA) is 64.3 Å². The predicted octanol–water partition coefficient (Wildman–Crippen LogP) is 3.02. The van der Waals surface area contributed by atoms with Crippen LogP contribution in [0.25, 0.3) is 22.4 Å². The molecule has 156 valence electrons.